The number of carbonyl (C=O) groups is 2. The zero-order valence-corrected chi connectivity index (χ0v) is 16.3. The van der Waals surface area contributed by atoms with Crippen LogP contribution in [0.25, 0.3) is 0 Å². The number of nitrogens with one attached hydrogen (secondary N) is 1. The van der Waals surface area contributed by atoms with Crippen LogP contribution >= 0.6 is 0 Å². The zero-order valence-electron chi connectivity index (χ0n) is 16.3. The maximum Gasteiger partial charge on any atom is 0.255 e. The van der Waals surface area contributed by atoms with Gasteiger partial charge in [-0.25, -0.2) is 8.78 Å². The molecule has 7 heteroatoms. The third-order valence-corrected chi connectivity index (χ3v) is 4.79. The molecule has 0 saturated heterocycles. The highest BCUT2D eigenvalue weighted by Gasteiger charge is 2.26. The van der Waals surface area contributed by atoms with Crippen LogP contribution in [0.1, 0.15) is 42.1 Å². The molecule has 0 spiro atoms. The molecule has 2 amide bonds. The van der Waals surface area contributed by atoms with Gasteiger partial charge in [0.05, 0.1) is 17.9 Å². The monoisotopic (exact) mass is 402 g/mol. The maximum atomic E-state index is 14.2. The van der Waals surface area contributed by atoms with Crippen molar-refractivity contribution in [3.8, 4) is 5.75 Å². The average molecular weight is 402 g/mol. The van der Waals surface area contributed by atoms with Crippen molar-refractivity contribution in [2.24, 2.45) is 0 Å². The molecule has 0 atom stereocenters. The van der Waals surface area contributed by atoms with Crippen molar-refractivity contribution in [3.05, 3.63) is 59.2 Å². The van der Waals surface area contributed by atoms with Gasteiger partial charge < -0.3 is 15.0 Å². The molecule has 2 aromatic carbocycles. The summed E-state index contributed by atoms with van der Waals surface area (Å²) >= 11 is 0. The second-order valence-electron chi connectivity index (χ2n) is 6.83. The normalized spacial score (nSPS) is 13.0. The summed E-state index contributed by atoms with van der Waals surface area (Å²) in [5, 5.41) is 2.78. The van der Waals surface area contributed by atoms with E-state index in [1.807, 2.05) is 6.92 Å². The largest absolute Gasteiger partial charge is 0.493 e. The molecule has 0 aliphatic carbocycles. The summed E-state index contributed by atoms with van der Waals surface area (Å²) in [4.78, 5) is 26.3. The van der Waals surface area contributed by atoms with Gasteiger partial charge >= 0.3 is 0 Å². The number of anilines is 1. The van der Waals surface area contributed by atoms with Gasteiger partial charge in [-0.1, -0.05) is 12.1 Å². The smallest absolute Gasteiger partial charge is 0.255 e. The number of aryl methyl sites for hydroxylation is 1. The van der Waals surface area contributed by atoms with Crippen molar-refractivity contribution in [1.29, 1.82) is 0 Å². The SMILES string of the molecule is CCOc1ccccc1C(=O)NCCCC(=O)N1CCCc2cc(F)cc(F)c21. The number of halogens is 2. The molecule has 0 radical (unpaired) electrons. The van der Waals surface area contributed by atoms with E-state index < -0.39 is 11.6 Å². The number of carbonyl (C=O) groups excluding carboxylic acids is 2. The molecule has 0 fully saturated rings. The standard InChI is InChI=1S/C22H24F2N2O3/c1-2-29-19-9-4-3-8-17(19)22(28)25-11-5-10-20(27)26-12-6-7-15-13-16(23)14-18(24)21(15)26/h3-4,8-9,13-14H,2,5-7,10-12H2,1H3,(H,25,28). The van der Waals surface area contributed by atoms with Crippen molar-refractivity contribution < 1.29 is 23.1 Å². The van der Waals surface area contributed by atoms with E-state index >= 15 is 0 Å². The fraction of sp³-hybridized carbons (Fsp3) is 0.364. The minimum Gasteiger partial charge on any atom is -0.493 e. The molecule has 1 aliphatic rings. The van der Waals surface area contributed by atoms with Gasteiger partial charge in [-0.3, -0.25) is 9.59 Å². The number of ether oxygens (including phenoxy) is 1. The molecule has 2 aromatic rings. The van der Waals surface area contributed by atoms with E-state index in [2.05, 4.69) is 5.32 Å². The molecule has 0 unspecified atom stereocenters. The van der Waals surface area contributed by atoms with Crippen LogP contribution in [0.4, 0.5) is 14.5 Å². The van der Waals surface area contributed by atoms with Crippen molar-refractivity contribution in [1.82, 2.24) is 5.32 Å². The zero-order chi connectivity index (χ0) is 20.8. The van der Waals surface area contributed by atoms with Crippen LogP contribution in [0, 0.1) is 11.6 Å². The summed E-state index contributed by atoms with van der Waals surface area (Å²) in [6.07, 6.45) is 1.77. The molecule has 154 valence electrons. The summed E-state index contributed by atoms with van der Waals surface area (Å²) < 4.78 is 33.1. The molecular weight excluding hydrogens is 378 g/mol. The molecule has 3 rings (SSSR count). The highest BCUT2D eigenvalue weighted by atomic mass is 19.1. The Morgan fingerprint density at radius 1 is 1.21 bits per heavy atom. The summed E-state index contributed by atoms with van der Waals surface area (Å²) in [7, 11) is 0. The van der Waals surface area contributed by atoms with Gasteiger partial charge in [0.15, 0.2) is 0 Å². The number of rotatable bonds is 7. The molecule has 1 N–H and O–H groups in total. The van der Waals surface area contributed by atoms with E-state index in [1.165, 1.54) is 11.0 Å². The number of benzene rings is 2. The first-order chi connectivity index (χ1) is 14.0. The van der Waals surface area contributed by atoms with Gasteiger partial charge in [0.25, 0.3) is 5.91 Å². The van der Waals surface area contributed by atoms with Crippen molar-refractivity contribution in [2.45, 2.75) is 32.6 Å². The van der Waals surface area contributed by atoms with Crippen LogP contribution in [-0.2, 0) is 11.2 Å². The van der Waals surface area contributed by atoms with Gasteiger partial charge in [0.1, 0.15) is 17.4 Å². The third kappa shape index (κ3) is 4.91. The molecular formula is C22H24F2N2O3. The lowest BCUT2D eigenvalue weighted by Gasteiger charge is -2.30. The lowest BCUT2D eigenvalue weighted by Crippen LogP contribution is -2.36. The molecule has 0 aromatic heterocycles. The van der Waals surface area contributed by atoms with E-state index in [4.69, 9.17) is 4.74 Å². The Hall–Kier alpha value is -2.96. The van der Waals surface area contributed by atoms with Gasteiger partial charge in [0, 0.05) is 25.6 Å². The Bertz CT molecular complexity index is 902. The van der Waals surface area contributed by atoms with Crippen LogP contribution in [0.5, 0.6) is 5.75 Å². The van der Waals surface area contributed by atoms with Crippen molar-refractivity contribution in [3.63, 3.8) is 0 Å². The molecule has 1 aliphatic heterocycles. The first kappa shape index (κ1) is 20.8. The Kier molecular flexibility index (Phi) is 6.80. The van der Waals surface area contributed by atoms with E-state index in [-0.39, 0.29) is 23.9 Å². The number of hydrogen-bond acceptors (Lipinski definition) is 3. The van der Waals surface area contributed by atoms with Gasteiger partial charge in [-0.2, -0.15) is 0 Å². The van der Waals surface area contributed by atoms with Gasteiger partial charge in [0.2, 0.25) is 5.91 Å². The number of fused-ring (bicyclic) bond motifs is 1. The Labute approximate surface area is 168 Å². The van der Waals surface area contributed by atoms with Gasteiger partial charge in [-0.15, -0.1) is 0 Å². The van der Waals surface area contributed by atoms with Crippen molar-refractivity contribution >= 4 is 17.5 Å². The maximum absolute atomic E-state index is 14.2. The third-order valence-electron chi connectivity index (χ3n) is 4.79. The van der Waals surface area contributed by atoms with E-state index in [9.17, 15) is 18.4 Å². The van der Waals surface area contributed by atoms with Crippen LogP contribution in [-0.4, -0.2) is 31.5 Å². The van der Waals surface area contributed by atoms with E-state index in [0.717, 1.165) is 6.07 Å². The van der Waals surface area contributed by atoms with Crippen molar-refractivity contribution in [2.75, 3.05) is 24.6 Å². The number of nitrogens with zero attached hydrogens (tertiary/aromatic N) is 1. The first-order valence-corrected chi connectivity index (χ1v) is 9.79. The number of hydrogen-bond donors (Lipinski definition) is 1. The quantitative estimate of drug-likeness (QED) is 0.716. The average Bonchev–Trinajstić information content (AvgIpc) is 2.70. The van der Waals surface area contributed by atoms with E-state index in [0.29, 0.717) is 55.8 Å². The second kappa shape index (κ2) is 9.49. The minimum atomic E-state index is -0.714. The summed E-state index contributed by atoms with van der Waals surface area (Å²) in [6.45, 7) is 3.01. The Morgan fingerprint density at radius 2 is 2.00 bits per heavy atom. The van der Waals surface area contributed by atoms with E-state index in [1.54, 1.807) is 24.3 Å². The fourth-order valence-electron chi connectivity index (χ4n) is 3.51. The lowest BCUT2D eigenvalue weighted by molar-refractivity contribution is -0.118. The molecule has 1 heterocycles. The highest BCUT2D eigenvalue weighted by Crippen LogP contribution is 2.31. The van der Waals surface area contributed by atoms with Crippen LogP contribution < -0.4 is 15.0 Å². The molecule has 5 nitrogen and oxygen atoms in total. The molecule has 0 saturated carbocycles. The van der Waals surface area contributed by atoms with Crippen LogP contribution in [0.2, 0.25) is 0 Å². The summed E-state index contributed by atoms with van der Waals surface area (Å²) in [5.74, 6) is -1.34. The summed E-state index contributed by atoms with van der Waals surface area (Å²) in [6, 6.07) is 9.05. The topological polar surface area (TPSA) is 58.6 Å². The minimum absolute atomic E-state index is 0.156. The lowest BCUT2D eigenvalue weighted by atomic mass is 10.0. The van der Waals surface area contributed by atoms with Crippen LogP contribution in [0.15, 0.2) is 36.4 Å². The second-order valence-corrected chi connectivity index (χ2v) is 6.83. The van der Waals surface area contributed by atoms with Crippen LogP contribution in [0.3, 0.4) is 0 Å². The Balaban J connectivity index is 1.55. The predicted octanol–water partition coefficient (Wildman–Crippen LogP) is 3.85. The number of amides is 2. The highest BCUT2D eigenvalue weighted by molar-refractivity contribution is 5.97. The first-order valence-electron chi connectivity index (χ1n) is 9.79. The predicted molar refractivity (Wildman–Crippen MR) is 106 cm³/mol. The molecule has 0 bridgehead atoms. The summed E-state index contributed by atoms with van der Waals surface area (Å²) in [5.41, 5.74) is 1.13. The van der Waals surface area contributed by atoms with Gasteiger partial charge in [-0.05, 0) is 49.9 Å². The number of para-hydroxylation sites is 1. The Morgan fingerprint density at radius 3 is 2.79 bits per heavy atom. The fourth-order valence-corrected chi connectivity index (χ4v) is 3.51. The molecule has 29 heavy (non-hydrogen) atoms.